The van der Waals surface area contributed by atoms with Gasteiger partial charge in [0.2, 0.25) is 0 Å². The molecule has 102 valence electrons. The van der Waals surface area contributed by atoms with Crippen LogP contribution in [0.15, 0.2) is 17.5 Å². The maximum Gasteiger partial charge on any atom is 0.0300 e. The molecule has 1 N–H and O–H groups in total. The van der Waals surface area contributed by atoms with Crippen molar-refractivity contribution in [1.82, 2.24) is 15.1 Å². The Bertz CT molecular complexity index is 305. The summed E-state index contributed by atoms with van der Waals surface area (Å²) in [5, 5.41) is 5.67. The SMILES string of the molecule is CCCN1CCN(CCNCc2cccs2)CC1. The number of nitrogens with zero attached hydrogens (tertiary/aromatic N) is 2. The first-order chi connectivity index (χ1) is 8.88. The lowest BCUT2D eigenvalue weighted by atomic mass is 10.3. The van der Waals surface area contributed by atoms with Gasteiger partial charge in [0.1, 0.15) is 0 Å². The van der Waals surface area contributed by atoms with Crippen LogP contribution in [0.1, 0.15) is 18.2 Å². The first kappa shape index (κ1) is 14.0. The zero-order valence-electron chi connectivity index (χ0n) is 11.4. The van der Waals surface area contributed by atoms with E-state index in [1.165, 1.54) is 50.6 Å². The van der Waals surface area contributed by atoms with Crippen LogP contribution in [0.4, 0.5) is 0 Å². The van der Waals surface area contributed by atoms with E-state index in [2.05, 4.69) is 39.6 Å². The lowest BCUT2D eigenvalue weighted by molar-refractivity contribution is 0.133. The molecule has 0 amide bonds. The van der Waals surface area contributed by atoms with Crippen LogP contribution in [0.3, 0.4) is 0 Å². The molecule has 0 aromatic carbocycles. The van der Waals surface area contributed by atoms with Gasteiger partial charge in [0.25, 0.3) is 0 Å². The molecule has 0 saturated carbocycles. The minimum Gasteiger partial charge on any atom is -0.311 e. The van der Waals surface area contributed by atoms with Gasteiger partial charge in [-0.1, -0.05) is 13.0 Å². The zero-order chi connectivity index (χ0) is 12.6. The Balaban J connectivity index is 1.53. The predicted octanol–water partition coefficient (Wildman–Crippen LogP) is 1.87. The highest BCUT2D eigenvalue weighted by Gasteiger charge is 2.14. The van der Waals surface area contributed by atoms with E-state index in [0.717, 1.165) is 13.1 Å². The summed E-state index contributed by atoms with van der Waals surface area (Å²) in [7, 11) is 0. The smallest absolute Gasteiger partial charge is 0.0300 e. The Hall–Kier alpha value is -0.420. The van der Waals surface area contributed by atoms with Gasteiger partial charge in [0.05, 0.1) is 0 Å². The molecular formula is C14H25N3S. The fraction of sp³-hybridized carbons (Fsp3) is 0.714. The summed E-state index contributed by atoms with van der Waals surface area (Å²) < 4.78 is 0. The second-order valence-corrected chi connectivity index (χ2v) is 5.97. The van der Waals surface area contributed by atoms with E-state index in [9.17, 15) is 0 Å². The van der Waals surface area contributed by atoms with E-state index in [1.807, 2.05) is 11.3 Å². The Morgan fingerprint density at radius 2 is 1.89 bits per heavy atom. The minimum atomic E-state index is 1.02. The summed E-state index contributed by atoms with van der Waals surface area (Å²) in [6.45, 7) is 11.8. The van der Waals surface area contributed by atoms with Crippen molar-refractivity contribution in [2.24, 2.45) is 0 Å². The van der Waals surface area contributed by atoms with E-state index in [0.29, 0.717) is 0 Å². The van der Waals surface area contributed by atoms with Crippen LogP contribution in [-0.4, -0.2) is 55.6 Å². The fourth-order valence-corrected chi connectivity index (χ4v) is 3.09. The zero-order valence-corrected chi connectivity index (χ0v) is 12.2. The number of rotatable bonds is 7. The third-order valence-electron chi connectivity index (χ3n) is 3.49. The molecule has 1 aromatic heterocycles. The van der Waals surface area contributed by atoms with E-state index in [1.54, 1.807) is 0 Å². The van der Waals surface area contributed by atoms with Gasteiger partial charge in [-0.05, 0) is 24.4 Å². The fourth-order valence-electron chi connectivity index (χ4n) is 2.41. The van der Waals surface area contributed by atoms with Crippen molar-refractivity contribution in [3.63, 3.8) is 0 Å². The Labute approximate surface area is 115 Å². The third-order valence-corrected chi connectivity index (χ3v) is 4.37. The summed E-state index contributed by atoms with van der Waals surface area (Å²) >= 11 is 1.83. The molecule has 0 spiro atoms. The normalized spacial score (nSPS) is 18.3. The quantitative estimate of drug-likeness (QED) is 0.761. The van der Waals surface area contributed by atoms with Crippen LogP contribution in [0.2, 0.25) is 0 Å². The summed E-state index contributed by atoms with van der Waals surface area (Å²) in [5.74, 6) is 0. The Morgan fingerprint density at radius 3 is 2.50 bits per heavy atom. The molecule has 1 aliphatic rings. The summed E-state index contributed by atoms with van der Waals surface area (Å²) in [6.07, 6.45) is 1.28. The molecule has 0 bridgehead atoms. The van der Waals surface area contributed by atoms with Crippen molar-refractivity contribution < 1.29 is 0 Å². The van der Waals surface area contributed by atoms with Crippen LogP contribution in [-0.2, 0) is 6.54 Å². The van der Waals surface area contributed by atoms with Crippen molar-refractivity contribution in [2.75, 3.05) is 45.8 Å². The Morgan fingerprint density at radius 1 is 1.17 bits per heavy atom. The van der Waals surface area contributed by atoms with Crippen molar-refractivity contribution in [3.8, 4) is 0 Å². The highest BCUT2D eigenvalue weighted by molar-refractivity contribution is 7.09. The molecule has 0 atom stereocenters. The van der Waals surface area contributed by atoms with Crippen molar-refractivity contribution in [2.45, 2.75) is 19.9 Å². The van der Waals surface area contributed by atoms with Crippen LogP contribution < -0.4 is 5.32 Å². The molecular weight excluding hydrogens is 242 g/mol. The molecule has 2 heterocycles. The molecule has 18 heavy (non-hydrogen) atoms. The van der Waals surface area contributed by atoms with E-state index in [4.69, 9.17) is 0 Å². The molecule has 4 heteroatoms. The second-order valence-electron chi connectivity index (χ2n) is 4.94. The molecule has 0 unspecified atom stereocenters. The van der Waals surface area contributed by atoms with Gasteiger partial charge < -0.3 is 10.2 Å². The van der Waals surface area contributed by atoms with Crippen LogP contribution in [0.25, 0.3) is 0 Å². The highest BCUT2D eigenvalue weighted by Crippen LogP contribution is 2.07. The Kier molecular flexibility index (Phi) is 6.14. The highest BCUT2D eigenvalue weighted by atomic mass is 32.1. The number of hydrogen-bond donors (Lipinski definition) is 1. The van der Waals surface area contributed by atoms with Gasteiger partial charge in [-0.25, -0.2) is 0 Å². The second kappa shape index (κ2) is 7.89. The minimum absolute atomic E-state index is 1.02. The van der Waals surface area contributed by atoms with Gasteiger partial charge in [0.15, 0.2) is 0 Å². The monoisotopic (exact) mass is 267 g/mol. The molecule has 1 fully saturated rings. The average Bonchev–Trinajstić information content (AvgIpc) is 2.90. The number of nitrogens with one attached hydrogen (secondary N) is 1. The van der Waals surface area contributed by atoms with Gasteiger partial charge in [0, 0.05) is 50.7 Å². The van der Waals surface area contributed by atoms with E-state index in [-0.39, 0.29) is 0 Å². The molecule has 1 aromatic rings. The third kappa shape index (κ3) is 4.69. The summed E-state index contributed by atoms with van der Waals surface area (Å²) in [6, 6.07) is 4.32. The van der Waals surface area contributed by atoms with Crippen LogP contribution in [0.5, 0.6) is 0 Å². The predicted molar refractivity (Wildman–Crippen MR) is 79.2 cm³/mol. The standard InChI is InChI=1S/C14H25N3S/c1-2-6-16-8-10-17(11-9-16)7-5-15-13-14-4-3-12-18-14/h3-4,12,15H,2,5-11,13H2,1H3. The number of hydrogen-bond acceptors (Lipinski definition) is 4. The maximum absolute atomic E-state index is 3.53. The van der Waals surface area contributed by atoms with Gasteiger partial charge >= 0.3 is 0 Å². The van der Waals surface area contributed by atoms with Crippen molar-refractivity contribution >= 4 is 11.3 Å². The van der Waals surface area contributed by atoms with Crippen molar-refractivity contribution in [3.05, 3.63) is 22.4 Å². The van der Waals surface area contributed by atoms with Gasteiger partial charge in [-0.3, -0.25) is 4.90 Å². The molecule has 1 aliphatic heterocycles. The largest absolute Gasteiger partial charge is 0.311 e. The van der Waals surface area contributed by atoms with Gasteiger partial charge in [-0.15, -0.1) is 11.3 Å². The maximum atomic E-state index is 3.53. The average molecular weight is 267 g/mol. The first-order valence-corrected chi connectivity index (χ1v) is 7.94. The summed E-state index contributed by atoms with van der Waals surface area (Å²) in [4.78, 5) is 6.59. The lowest BCUT2D eigenvalue weighted by Gasteiger charge is -2.34. The van der Waals surface area contributed by atoms with Crippen LogP contribution >= 0.6 is 11.3 Å². The molecule has 0 aliphatic carbocycles. The van der Waals surface area contributed by atoms with E-state index >= 15 is 0 Å². The van der Waals surface area contributed by atoms with Crippen molar-refractivity contribution in [1.29, 1.82) is 0 Å². The van der Waals surface area contributed by atoms with E-state index < -0.39 is 0 Å². The molecule has 0 radical (unpaired) electrons. The molecule has 1 saturated heterocycles. The molecule has 2 rings (SSSR count). The topological polar surface area (TPSA) is 18.5 Å². The summed E-state index contributed by atoms with van der Waals surface area (Å²) in [5.41, 5.74) is 0. The number of thiophene rings is 1. The van der Waals surface area contributed by atoms with Gasteiger partial charge in [-0.2, -0.15) is 0 Å². The first-order valence-electron chi connectivity index (χ1n) is 7.06. The lowest BCUT2D eigenvalue weighted by Crippen LogP contribution is -2.48. The van der Waals surface area contributed by atoms with Crippen LogP contribution in [0, 0.1) is 0 Å². The number of piperazine rings is 1. The molecule has 3 nitrogen and oxygen atoms in total.